The van der Waals surface area contributed by atoms with E-state index in [1.807, 2.05) is 7.05 Å². The number of nitrogens with one attached hydrogen (secondary N) is 1. The van der Waals surface area contributed by atoms with E-state index in [0.29, 0.717) is 6.04 Å². The van der Waals surface area contributed by atoms with E-state index in [1.165, 1.54) is 19.3 Å². The van der Waals surface area contributed by atoms with E-state index in [2.05, 4.69) is 16.3 Å². The van der Waals surface area contributed by atoms with Gasteiger partial charge in [0, 0.05) is 45.5 Å². The number of hydrogen-bond acceptors (Lipinski definition) is 4. The smallest absolute Gasteiger partial charge is 0.265 e. The Bertz CT molecular complexity index is 401. The normalized spacial score (nSPS) is 21.4. The molecule has 0 aromatic rings. The molecule has 1 aliphatic heterocycles. The molecule has 1 saturated heterocycles. The monoisotopic (exact) mass is 276 g/mol. The van der Waals surface area contributed by atoms with E-state index < -0.39 is 0 Å². The fourth-order valence-electron chi connectivity index (χ4n) is 2.95. The Morgan fingerprint density at radius 2 is 1.95 bits per heavy atom. The molecule has 1 aliphatic carbocycles. The molecule has 5 heteroatoms. The fraction of sp³-hybridized carbons (Fsp3) is 0.733. The highest BCUT2D eigenvalue weighted by Gasteiger charge is 2.24. The van der Waals surface area contributed by atoms with Gasteiger partial charge in [-0.25, -0.2) is 0 Å². The lowest BCUT2D eigenvalue weighted by molar-refractivity contribution is -0.128. The van der Waals surface area contributed by atoms with Gasteiger partial charge in [0.1, 0.15) is 11.6 Å². The minimum atomic E-state index is -0.127. The minimum Gasteiger partial charge on any atom is -0.374 e. The average Bonchev–Trinajstić information content (AvgIpc) is 2.53. The van der Waals surface area contributed by atoms with Crippen molar-refractivity contribution in [3.05, 3.63) is 11.8 Å². The number of likely N-dealkylation sites (N-methyl/N-ethyl adjacent to an activating group) is 1. The maximum absolute atomic E-state index is 12.4. The first-order valence-corrected chi connectivity index (χ1v) is 7.56. The van der Waals surface area contributed by atoms with Gasteiger partial charge < -0.3 is 15.1 Å². The maximum atomic E-state index is 12.4. The SMILES string of the molecule is CN(C(=O)/C(C#N)=C\N1CCNCC1)C1CCCCC1. The number of hydrogen-bond donors (Lipinski definition) is 1. The molecule has 0 atom stereocenters. The third kappa shape index (κ3) is 3.73. The van der Waals surface area contributed by atoms with Crippen LogP contribution < -0.4 is 5.32 Å². The standard InChI is InChI=1S/C15H24N4O/c1-18(14-5-3-2-4-6-14)15(20)13(11-16)12-19-9-7-17-8-10-19/h12,14,17H,2-10H2,1H3/b13-12-. The molecule has 2 aliphatic rings. The Hall–Kier alpha value is -1.54. The second-order valence-corrected chi connectivity index (χ2v) is 5.65. The molecule has 0 unspecified atom stereocenters. The summed E-state index contributed by atoms with van der Waals surface area (Å²) in [4.78, 5) is 16.3. The van der Waals surface area contributed by atoms with E-state index in [4.69, 9.17) is 0 Å². The topological polar surface area (TPSA) is 59.4 Å². The Balaban J connectivity index is 2.00. The lowest BCUT2D eigenvalue weighted by atomic mass is 9.94. The highest BCUT2D eigenvalue weighted by atomic mass is 16.2. The van der Waals surface area contributed by atoms with Gasteiger partial charge in [0.05, 0.1) is 0 Å². The van der Waals surface area contributed by atoms with Crippen molar-refractivity contribution in [3.63, 3.8) is 0 Å². The molecule has 0 aromatic heterocycles. The van der Waals surface area contributed by atoms with Crippen molar-refractivity contribution >= 4 is 5.91 Å². The van der Waals surface area contributed by atoms with Crippen molar-refractivity contribution in [2.75, 3.05) is 33.2 Å². The van der Waals surface area contributed by atoms with Crippen LogP contribution in [0.25, 0.3) is 0 Å². The van der Waals surface area contributed by atoms with Gasteiger partial charge in [0.25, 0.3) is 5.91 Å². The first kappa shape index (κ1) is 14.9. The highest BCUT2D eigenvalue weighted by Crippen LogP contribution is 2.22. The summed E-state index contributed by atoms with van der Waals surface area (Å²) < 4.78 is 0. The van der Waals surface area contributed by atoms with Crippen LogP contribution in [0.3, 0.4) is 0 Å². The summed E-state index contributed by atoms with van der Waals surface area (Å²) in [6.45, 7) is 3.51. The van der Waals surface area contributed by atoms with Gasteiger partial charge in [-0.05, 0) is 12.8 Å². The molecule has 20 heavy (non-hydrogen) atoms. The number of rotatable bonds is 3. The van der Waals surface area contributed by atoms with Gasteiger partial charge in [-0.1, -0.05) is 19.3 Å². The zero-order valence-electron chi connectivity index (χ0n) is 12.3. The molecule has 1 heterocycles. The summed E-state index contributed by atoms with van der Waals surface area (Å²) in [7, 11) is 1.83. The van der Waals surface area contributed by atoms with Crippen molar-refractivity contribution in [2.24, 2.45) is 0 Å². The van der Waals surface area contributed by atoms with Gasteiger partial charge in [-0.15, -0.1) is 0 Å². The number of nitrogens with zero attached hydrogens (tertiary/aromatic N) is 3. The Labute approximate surface area is 121 Å². The minimum absolute atomic E-state index is 0.127. The van der Waals surface area contributed by atoms with Crippen molar-refractivity contribution in [1.29, 1.82) is 5.26 Å². The van der Waals surface area contributed by atoms with Crippen LogP contribution in [0.1, 0.15) is 32.1 Å². The second-order valence-electron chi connectivity index (χ2n) is 5.65. The van der Waals surface area contributed by atoms with E-state index in [0.717, 1.165) is 39.0 Å². The molecule has 1 N–H and O–H groups in total. The summed E-state index contributed by atoms with van der Waals surface area (Å²) in [5, 5.41) is 12.5. The number of carbonyl (C=O) groups excluding carboxylic acids is 1. The van der Waals surface area contributed by atoms with E-state index >= 15 is 0 Å². The number of nitriles is 1. The van der Waals surface area contributed by atoms with Gasteiger partial charge >= 0.3 is 0 Å². The lowest BCUT2D eigenvalue weighted by Crippen LogP contribution is -2.42. The number of amides is 1. The predicted octanol–water partition coefficient (Wildman–Crippen LogP) is 1.09. The van der Waals surface area contributed by atoms with Crippen LogP contribution in [-0.4, -0.2) is 55.0 Å². The van der Waals surface area contributed by atoms with Crippen molar-refractivity contribution in [1.82, 2.24) is 15.1 Å². The van der Waals surface area contributed by atoms with E-state index in [1.54, 1.807) is 11.1 Å². The summed E-state index contributed by atoms with van der Waals surface area (Å²) in [6, 6.07) is 2.38. The molecule has 110 valence electrons. The highest BCUT2D eigenvalue weighted by molar-refractivity contribution is 5.97. The van der Waals surface area contributed by atoms with Crippen molar-refractivity contribution in [3.8, 4) is 6.07 Å². The zero-order valence-corrected chi connectivity index (χ0v) is 12.3. The summed E-state index contributed by atoms with van der Waals surface area (Å²) in [6.07, 6.45) is 7.50. The van der Waals surface area contributed by atoms with E-state index in [9.17, 15) is 10.1 Å². The van der Waals surface area contributed by atoms with Gasteiger partial charge in [-0.3, -0.25) is 4.79 Å². The van der Waals surface area contributed by atoms with Crippen LogP contribution >= 0.6 is 0 Å². The summed E-state index contributed by atoms with van der Waals surface area (Å²) in [5.74, 6) is -0.127. The molecule has 1 saturated carbocycles. The maximum Gasteiger partial charge on any atom is 0.265 e. The summed E-state index contributed by atoms with van der Waals surface area (Å²) >= 11 is 0. The molecule has 2 fully saturated rings. The second kappa shape index (κ2) is 7.30. The van der Waals surface area contributed by atoms with Crippen LogP contribution in [0.15, 0.2) is 11.8 Å². The molecule has 0 radical (unpaired) electrons. The molecular weight excluding hydrogens is 252 g/mol. The fourth-order valence-corrected chi connectivity index (χ4v) is 2.95. The van der Waals surface area contributed by atoms with E-state index in [-0.39, 0.29) is 11.5 Å². The first-order valence-electron chi connectivity index (χ1n) is 7.56. The Morgan fingerprint density at radius 1 is 1.30 bits per heavy atom. The molecule has 0 bridgehead atoms. The first-order chi connectivity index (χ1) is 9.72. The van der Waals surface area contributed by atoms with Crippen molar-refractivity contribution < 1.29 is 4.79 Å². The predicted molar refractivity (Wildman–Crippen MR) is 77.8 cm³/mol. The van der Waals surface area contributed by atoms with Gasteiger partial charge in [0.2, 0.25) is 0 Å². The molecule has 2 rings (SSSR count). The molecule has 0 spiro atoms. The number of piperazine rings is 1. The van der Waals surface area contributed by atoms with Crippen LogP contribution in [0.2, 0.25) is 0 Å². The number of carbonyl (C=O) groups is 1. The van der Waals surface area contributed by atoms with Crippen LogP contribution in [-0.2, 0) is 4.79 Å². The quantitative estimate of drug-likeness (QED) is 0.619. The average molecular weight is 276 g/mol. The summed E-state index contributed by atoms with van der Waals surface area (Å²) in [5.41, 5.74) is 0.264. The zero-order chi connectivity index (χ0) is 14.4. The molecule has 0 aromatic carbocycles. The lowest BCUT2D eigenvalue weighted by Gasteiger charge is -2.31. The van der Waals surface area contributed by atoms with Crippen LogP contribution in [0, 0.1) is 11.3 Å². The van der Waals surface area contributed by atoms with Crippen LogP contribution in [0.4, 0.5) is 0 Å². The van der Waals surface area contributed by atoms with Gasteiger partial charge in [0.15, 0.2) is 0 Å². The Kier molecular flexibility index (Phi) is 5.42. The molecule has 1 amide bonds. The third-order valence-corrected chi connectivity index (χ3v) is 4.26. The third-order valence-electron chi connectivity index (χ3n) is 4.26. The largest absolute Gasteiger partial charge is 0.374 e. The van der Waals surface area contributed by atoms with Gasteiger partial charge in [-0.2, -0.15) is 5.26 Å². The van der Waals surface area contributed by atoms with Crippen molar-refractivity contribution in [2.45, 2.75) is 38.1 Å². The Morgan fingerprint density at radius 3 is 2.55 bits per heavy atom. The molecule has 5 nitrogen and oxygen atoms in total. The molecular formula is C15H24N4O. The van der Waals surface area contributed by atoms with Crippen LogP contribution in [0.5, 0.6) is 0 Å².